The lowest BCUT2D eigenvalue weighted by molar-refractivity contribution is -0.112. The van der Waals surface area contributed by atoms with Gasteiger partial charge < -0.3 is 14.8 Å². The third-order valence-corrected chi connectivity index (χ3v) is 4.15. The van der Waals surface area contributed by atoms with Gasteiger partial charge in [-0.15, -0.1) is 0 Å². The van der Waals surface area contributed by atoms with E-state index in [1.807, 2.05) is 13.0 Å². The van der Waals surface area contributed by atoms with Crippen LogP contribution in [0.25, 0.3) is 6.08 Å². The van der Waals surface area contributed by atoms with Crippen LogP contribution in [-0.2, 0) is 4.79 Å². The number of hydrogen-bond acceptors (Lipinski definition) is 4. The molecule has 0 spiro atoms. The molecule has 0 aliphatic carbocycles. The molecule has 6 heteroatoms. The maximum atomic E-state index is 12.4. The molecule has 0 aromatic heterocycles. The average Bonchev–Trinajstić information content (AvgIpc) is 2.69. The Labute approximate surface area is 170 Å². The molecule has 0 atom stereocenters. The monoisotopic (exact) mass is 398 g/mol. The summed E-state index contributed by atoms with van der Waals surface area (Å²) in [4.78, 5) is 12.4. The molecule has 0 saturated carbocycles. The lowest BCUT2D eigenvalue weighted by atomic mass is 10.1. The van der Waals surface area contributed by atoms with E-state index in [1.54, 1.807) is 42.5 Å². The zero-order valence-corrected chi connectivity index (χ0v) is 16.8. The Bertz CT molecular complexity index is 888. The maximum absolute atomic E-state index is 12.4. The highest BCUT2D eigenvalue weighted by Crippen LogP contribution is 2.30. The van der Waals surface area contributed by atoms with Gasteiger partial charge in [0.25, 0.3) is 5.91 Å². The van der Waals surface area contributed by atoms with Crippen molar-refractivity contribution in [1.29, 1.82) is 5.26 Å². The highest BCUT2D eigenvalue weighted by Gasteiger charge is 2.12. The van der Waals surface area contributed by atoms with E-state index in [-0.39, 0.29) is 5.57 Å². The number of nitrogens with one attached hydrogen (secondary N) is 1. The number of nitriles is 1. The minimum absolute atomic E-state index is 0.0398. The van der Waals surface area contributed by atoms with Gasteiger partial charge in [0, 0.05) is 0 Å². The van der Waals surface area contributed by atoms with E-state index in [9.17, 15) is 10.1 Å². The van der Waals surface area contributed by atoms with Crippen LogP contribution in [-0.4, -0.2) is 19.1 Å². The second-order valence-electron chi connectivity index (χ2n) is 5.94. The fourth-order valence-electron chi connectivity index (χ4n) is 2.40. The summed E-state index contributed by atoms with van der Waals surface area (Å²) >= 11 is 6.05. The number of amides is 1. The Balaban J connectivity index is 2.22. The third kappa shape index (κ3) is 6.04. The molecule has 0 aliphatic rings. The number of anilines is 1. The molecule has 146 valence electrons. The number of halogens is 1. The molecule has 28 heavy (non-hydrogen) atoms. The smallest absolute Gasteiger partial charge is 0.266 e. The molecule has 0 fully saturated rings. The molecule has 5 nitrogen and oxygen atoms in total. The molecular weight excluding hydrogens is 376 g/mol. The zero-order valence-electron chi connectivity index (χ0n) is 16.0. The van der Waals surface area contributed by atoms with Crippen molar-refractivity contribution in [3.05, 3.63) is 58.6 Å². The quantitative estimate of drug-likeness (QED) is 0.345. The van der Waals surface area contributed by atoms with E-state index in [0.29, 0.717) is 41.0 Å². The summed E-state index contributed by atoms with van der Waals surface area (Å²) < 4.78 is 11.4. The number of nitrogens with zero attached hydrogens (tertiary/aromatic N) is 1. The standard InChI is InChI=1S/C22H23ClN2O3/c1-3-5-12-28-20-11-10-16(14-21(20)27-4-2)13-17(15-24)22(26)25-19-9-7-6-8-18(19)23/h6-11,13-14H,3-5,12H2,1-2H3,(H,25,26). The summed E-state index contributed by atoms with van der Waals surface area (Å²) in [6, 6.07) is 14.1. The summed E-state index contributed by atoms with van der Waals surface area (Å²) in [5.74, 6) is 0.694. The number of para-hydroxylation sites is 1. The van der Waals surface area contributed by atoms with Crippen molar-refractivity contribution in [2.24, 2.45) is 0 Å². The van der Waals surface area contributed by atoms with E-state index in [2.05, 4.69) is 12.2 Å². The molecule has 0 heterocycles. The molecule has 0 saturated heterocycles. The van der Waals surface area contributed by atoms with Gasteiger partial charge in [-0.05, 0) is 49.2 Å². The number of carbonyl (C=O) groups is 1. The Morgan fingerprint density at radius 2 is 1.96 bits per heavy atom. The Kier molecular flexibility index (Phi) is 8.38. The highest BCUT2D eigenvalue weighted by atomic mass is 35.5. The van der Waals surface area contributed by atoms with Crippen LogP contribution in [0.15, 0.2) is 48.0 Å². The van der Waals surface area contributed by atoms with Crippen molar-refractivity contribution in [1.82, 2.24) is 0 Å². The van der Waals surface area contributed by atoms with Crippen molar-refractivity contribution in [3.8, 4) is 17.6 Å². The summed E-state index contributed by atoms with van der Waals surface area (Å²) in [5.41, 5.74) is 1.07. The van der Waals surface area contributed by atoms with E-state index in [1.165, 1.54) is 6.08 Å². The molecule has 0 radical (unpaired) electrons. The lowest BCUT2D eigenvalue weighted by Gasteiger charge is -2.12. The van der Waals surface area contributed by atoms with E-state index < -0.39 is 5.91 Å². The first-order valence-electron chi connectivity index (χ1n) is 9.16. The molecule has 2 aromatic rings. The van der Waals surface area contributed by atoms with Crippen molar-refractivity contribution in [3.63, 3.8) is 0 Å². The predicted molar refractivity (Wildman–Crippen MR) is 112 cm³/mol. The largest absolute Gasteiger partial charge is 0.490 e. The summed E-state index contributed by atoms with van der Waals surface area (Å²) in [5, 5.41) is 12.5. The normalized spacial score (nSPS) is 10.9. The van der Waals surface area contributed by atoms with Gasteiger partial charge in [-0.2, -0.15) is 5.26 Å². The highest BCUT2D eigenvalue weighted by molar-refractivity contribution is 6.34. The second-order valence-corrected chi connectivity index (χ2v) is 6.35. The molecule has 0 unspecified atom stereocenters. The van der Waals surface area contributed by atoms with Crippen molar-refractivity contribution in [2.45, 2.75) is 26.7 Å². The SMILES string of the molecule is CCCCOc1ccc(C=C(C#N)C(=O)Nc2ccccc2Cl)cc1OCC. The number of ether oxygens (including phenoxy) is 2. The van der Waals surface area contributed by atoms with Gasteiger partial charge >= 0.3 is 0 Å². The first-order chi connectivity index (χ1) is 13.6. The summed E-state index contributed by atoms with van der Waals surface area (Å²) in [6.07, 6.45) is 3.50. The molecule has 1 amide bonds. The van der Waals surface area contributed by atoms with Gasteiger partial charge in [-0.3, -0.25) is 4.79 Å². The maximum Gasteiger partial charge on any atom is 0.266 e. The lowest BCUT2D eigenvalue weighted by Crippen LogP contribution is -2.13. The van der Waals surface area contributed by atoms with Gasteiger partial charge in [-0.1, -0.05) is 43.1 Å². The molecule has 2 aromatic carbocycles. The molecule has 2 rings (SSSR count). The Morgan fingerprint density at radius 1 is 1.18 bits per heavy atom. The molecular formula is C22H23ClN2O3. The van der Waals surface area contributed by atoms with Crippen LogP contribution >= 0.6 is 11.6 Å². The first-order valence-corrected chi connectivity index (χ1v) is 9.54. The molecule has 0 aliphatic heterocycles. The van der Waals surface area contributed by atoms with E-state index in [4.69, 9.17) is 21.1 Å². The van der Waals surface area contributed by atoms with Crippen LogP contribution < -0.4 is 14.8 Å². The van der Waals surface area contributed by atoms with Crippen LogP contribution in [0.5, 0.6) is 11.5 Å². The number of unbranched alkanes of at least 4 members (excludes halogenated alkanes) is 1. The fraction of sp³-hybridized carbons (Fsp3) is 0.273. The van der Waals surface area contributed by atoms with Crippen molar-refractivity contribution in [2.75, 3.05) is 18.5 Å². The second kappa shape index (κ2) is 11.0. The molecule has 1 N–H and O–H groups in total. The van der Waals surface area contributed by atoms with Crippen LogP contribution in [0, 0.1) is 11.3 Å². The van der Waals surface area contributed by atoms with Crippen LogP contribution in [0.2, 0.25) is 5.02 Å². The Morgan fingerprint density at radius 3 is 2.64 bits per heavy atom. The fourth-order valence-corrected chi connectivity index (χ4v) is 2.58. The van der Waals surface area contributed by atoms with E-state index in [0.717, 1.165) is 12.8 Å². The minimum atomic E-state index is -0.531. The molecule has 0 bridgehead atoms. The van der Waals surface area contributed by atoms with Gasteiger partial charge in [-0.25, -0.2) is 0 Å². The van der Waals surface area contributed by atoms with Gasteiger partial charge in [0.1, 0.15) is 11.6 Å². The van der Waals surface area contributed by atoms with Crippen LogP contribution in [0.4, 0.5) is 5.69 Å². The third-order valence-electron chi connectivity index (χ3n) is 3.82. The predicted octanol–water partition coefficient (Wildman–Crippen LogP) is 5.46. The van der Waals surface area contributed by atoms with Crippen molar-refractivity contribution >= 4 is 29.3 Å². The topological polar surface area (TPSA) is 71.3 Å². The van der Waals surface area contributed by atoms with Gasteiger partial charge in [0.15, 0.2) is 11.5 Å². The van der Waals surface area contributed by atoms with E-state index >= 15 is 0 Å². The van der Waals surface area contributed by atoms with Crippen LogP contribution in [0.1, 0.15) is 32.3 Å². The average molecular weight is 399 g/mol. The summed E-state index contributed by atoms with van der Waals surface area (Å²) in [7, 11) is 0. The number of hydrogen-bond donors (Lipinski definition) is 1. The van der Waals surface area contributed by atoms with Crippen molar-refractivity contribution < 1.29 is 14.3 Å². The Hall–Kier alpha value is -2.97. The zero-order chi connectivity index (χ0) is 20.4. The number of rotatable bonds is 9. The van der Waals surface area contributed by atoms with Gasteiger partial charge in [0.2, 0.25) is 0 Å². The first kappa shape index (κ1) is 21.3. The number of carbonyl (C=O) groups excluding carboxylic acids is 1. The minimum Gasteiger partial charge on any atom is -0.490 e. The number of benzene rings is 2. The summed E-state index contributed by atoms with van der Waals surface area (Å²) in [6.45, 7) is 5.07. The van der Waals surface area contributed by atoms with Gasteiger partial charge in [0.05, 0.1) is 23.9 Å². The van der Waals surface area contributed by atoms with Crippen LogP contribution in [0.3, 0.4) is 0 Å².